The lowest BCUT2D eigenvalue weighted by Crippen LogP contribution is -2.33. The third kappa shape index (κ3) is 5.42. The van der Waals surface area contributed by atoms with Crippen LogP contribution in [0.4, 0.5) is 0 Å². The van der Waals surface area contributed by atoms with E-state index in [0.29, 0.717) is 46.7 Å². The molecule has 4 aliphatic rings. The van der Waals surface area contributed by atoms with Gasteiger partial charge in [-0.15, -0.1) is 0 Å². The molecule has 8 heteroatoms. The van der Waals surface area contributed by atoms with Crippen LogP contribution >= 0.6 is 0 Å². The number of ether oxygens (including phenoxy) is 6. The molecule has 0 aromatic heterocycles. The van der Waals surface area contributed by atoms with Crippen LogP contribution in [0, 0.1) is 0 Å². The van der Waals surface area contributed by atoms with Crippen molar-refractivity contribution in [1.29, 1.82) is 0 Å². The van der Waals surface area contributed by atoms with Crippen LogP contribution in [0.2, 0.25) is 0 Å². The second-order valence-electron chi connectivity index (χ2n) is 12.0. The summed E-state index contributed by atoms with van der Waals surface area (Å²) < 4.78 is 36.9. The Kier molecular flexibility index (Phi) is 7.94. The molecule has 4 aliphatic heterocycles. The number of methoxy groups -OCH3 is 4. The van der Waals surface area contributed by atoms with Crippen LogP contribution in [0.25, 0.3) is 0 Å². The second-order valence-corrected chi connectivity index (χ2v) is 12.0. The maximum absolute atomic E-state index is 6.97. The number of hydrogen-bond acceptors (Lipinski definition) is 8. The number of benzene rings is 4. The van der Waals surface area contributed by atoms with Gasteiger partial charge in [0.15, 0.2) is 34.5 Å². The minimum absolute atomic E-state index is 0.0505. The molecule has 0 radical (unpaired) electrons. The normalized spacial score (nSPS) is 18.9. The molecule has 8 nitrogen and oxygen atoms in total. The number of likely N-dealkylation sites (N-methyl/N-ethyl adjacent to an activating group) is 1. The number of rotatable bonds is 4. The van der Waals surface area contributed by atoms with Crippen LogP contribution in [0.15, 0.2) is 60.7 Å². The molecule has 0 unspecified atom stereocenters. The molecule has 1 N–H and O–H groups in total. The smallest absolute Gasteiger partial charge is 0.204 e. The number of nitrogens with zero attached hydrogens (tertiary/aromatic N) is 1. The largest absolute Gasteiger partial charge is 0.493 e. The predicted octanol–water partition coefficient (Wildman–Crippen LogP) is 6.82. The maximum Gasteiger partial charge on any atom is 0.204 e. The molecule has 0 fully saturated rings. The van der Waals surface area contributed by atoms with Gasteiger partial charge in [0.1, 0.15) is 5.75 Å². The Hall–Kier alpha value is -4.40. The number of nitrogens with one attached hydrogen (secondary N) is 1. The van der Waals surface area contributed by atoms with Crippen molar-refractivity contribution in [1.82, 2.24) is 10.2 Å². The molecule has 0 spiro atoms. The fraction of sp³-hybridized carbons (Fsp3) is 0.351. The molecule has 8 rings (SSSR count). The molecule has 0 saturated carbocycles. The Balaban J connectivity index is 1.45. The Labute approximate surface area is 264 Å². The van der Waals surface area contributed by atoms with Gasteiger partial charge < -0.3 is 33.7 Å². The van der Waals surface area contributed by atoms with Crippen molar-refractivity contribution in [3.05, 3.63) is 94.0 Å². The van der Waals surface area contributed by atoms with Gasteiger partial charge in [0.2, 0.25) is 5.75 Å². The van der Waals surface area contributed by atoms with Crippen molar-refractivity contribution in [2.45, 2.75) is 37.8 Å². The predicted molar refractivity (Wildman–Crippen MR) is 173 cm³/mol. The van der Waals surface area contributed by atoms with Crippen molar-refractivity contribution >= 4 is 0 Å². The van der Waals surface area contributed by atoms with E-state index in [4.69, 9.17) is 28.4 Å². The zero-order chi connectivity index (χ0) is 31.1. The summed E-state index contributed by atoms with van der Waals surface area (Å²) in [6.07, 6.45) is 3.32. The van der Waals surface area contributed by atoms with Crippen LogP contribution < -0.4 is 33.7 Å². The summed E-state index contributed by atoms with van der Waals surface area (Å²) in [5, 5.41) is 3.75. The van der Waals surface area contributed by atoms with Crippen molar-refractivity contribution in [2.24, 2.45) is 0 Å². The van der Waals surface area contributed by atoms with Crippen LogP contribution in [0.3, 0.4) is 0 Å². The molecule has 4 aromatic rings. The highest BCUT2D eigenvalue weighted by molar-refractivity contribution is 5.63. The summed E-state index contributed by atoms with van der Waals surface area (Å²) in [5.41, 5.74) is 7.07. The number of fused-ring (bicyclic) bond motifs is 2. The van der Waals surface area contributed by atoms with Gasteiger partial charge in [0.25, 0.3) is 0 Å². The highest BCUT2D eigenvalue weighted by Crippen LogP contribution is 2.50. The lowest BCUT2D eigenvalue weighted by molar-refractivity contribution is 0.228. The van der Waals surface area contributed by atoms with E-state index in [1.54, 1.807) is 28.4 Å². The molecule has 6 bridgehead atoms. The molecule has 4 heterocycles. The van der Waals surface area contributed by atoms with Crippen molar-refractivity contribution in [2.75, 3.05) is 48.6 Å². The topological polar surface area (TPSA) is 70.7 Å². The fourth-order valence-electron chi connectivity index (χ4n) is 7.03. The first-order valence-electron chi connectivity index (χ1n) is 15.5. The Morgan fingerprint density at radius 2 is 1.44 bits per heavy atom. The van der Waals surface area contributed by atoms with Gasteiger partial charge in [-0.1, -0.05) is 18.2 Å². The highest BCUT2D eigenvalue weighted by Gasteiger charge is 2.32. The molecule has 4 aromatic carbocycles. The molecule has 2 atom stereocenters. The molecular formula is C37H40N2O6. The van der Waals surface area contributed by atoms with E-state index in [-0.39, 0.29) is 12.1 Å². The van der Waals surface area contributed by atoms with Gasteiger partial charge in [-0.05, 0) is 110 Å². The Morgan fingerprint density at radius 3 is 2.20 bits per heavy atom. The summed E-state index contributed by atoms with van der Waals surface area (Å²) in [4.78, 5) is 2.42. The van der Waals surface area contributed by atoms with E-state index < -0.39 is 0 Å². The van der Waals surface area contributed by atoms with Crippen LogP contribution in [-0.4, -0.2) is 53.5 Å². The van der Waals surface area contributed by atoms with Crippen molar-refractivity contribution < 1.29 is 28.4 Å². The molecule has 0 saturated heterocycles. The minimum atomic E-state index is -0.0505. The molecule has 0 amide bonds. The first-order valence-corrected chi connectivity index (χ1v) is 15.5. The lowest BCUT2D eigenvalue weighted by atomic mass is 9.88. The third-order valence-electron chi connectivity index (χ3n) is 9.39. The van der Waals surface area contributed by atoms with Crippen molar-refractivity contribution in [3.63, 3.8) is 0 Å². The van der Waals surface area contributed by atoms with E-state index in [1.807, 2.05) is 18.2 Å². The van der Waals surface area contributed by atoms with Gasteiger partial charge in [0, 0.05) is 24.2 Å². The van der Waals surface area contributed by atoms with Crippen molar-refractivity contribution in [3.8, 4) is 46.0 Å². The van der Waals surface area contributed by atoms with E-state index in [2.05, 4.69) is 59.7 Å². The third-order valence-corrected chi connectivity index (χ3v) is 9.39. The number of hydrogen-bond donors (Lipinski definition) is 1. The zero-order valence-electron chi connectivity index (χ0n) is 26.6. The monoisotopic (exact) mass is 608 g/mol. The van der Waals surface area contributed by atoms with Crippen LogP contribution in [0.5, 0.6) is 46.0 Å². The van der Waals surface area contributed by atoms with E-state index in [9.17, 15) is 0 Å². The van der Waals surface area contributed by atoms with Gasteiger partial charge in [-0.2, -0.15) is 0 Å². The minimum Gasteiger partial charge on any atom is -0.493 e. The van der Waals surface area contributed by atoms with Crippen LogP contribution in [-0.2, 0) is 25.7 Å². The zero-order valence-corrected chi connectivity index (χ0v) is 26.6. The highest BCUT2D eigenvalue weighted by atomic mass is 16.5. The van der Waals surface area contributed by atoms with Gasteiger partial charge in [-0.25, -0.2) is 0 Å². The Bertz CT molecular complexity index is 1720. The van der Waals surface area contributed by atoms with E-state index in [0.717, 1.165) is 49.2 Å². The summed E-state index contributed by atoms with van der Waals surface area (Å²) in [6, 6.07) is 21.0. The molecule has 234 valence electrons. The van der Waals surface area contributed by atoms with Crippen LogP contribution in [0.1, 0.15) is 45.5 Å². The lowest BCUT2D eigenvalue weighted by Gasteiger charge is -2.36. The summed E-state index contributed by atoms with van der Waals surface area (Å²) in [7, 11) is 8.89. The quantitative estimate of drug-likeness (QED) is 0.271. The molecule has 45 heavy (non-hydrogen) atoms. The summed E-state index contributed by atoms with van der Waals surface area (Å²) in [6.45, 7) is 1.79. The molecular weight excluding hydrogens is 568 g/mol. The average molecular weight is 609 g/mol. The first-order chi connectivity index (χ1) is 22.0. The van der Waals surface area contributed by atoms with Gasteiger partial charge >= 0.3 is 0 Å². The van der Waals surface area contributed by atoms with Gasteiger partial charge in [0.05, 0.1) is 28.4 Å². The first kappa shape index (κ1) is 29.3. The summed E-state index contributed by atoms with van der Waals surface area (Å²) >= 11 is 0. The fourth-order valence-corrected chi connectivity index (χ4v) is 7.03. The molecule has 0 aliphatic carbocycles. The second kappa shape index (κ2) is 12.2. The Morgan fingerprint density at radius 1 is 0.711 bits per heavy atom. The van der Waals surface area contributed by atoms with E-state index >= 15 is 0 Å². The SMILES string of the molecule is COc1ccc2cc1Oc1ccc(cc1)C[C@H]1c3cc(c(OC)cc3CCN1C)Oc1c(OC)c(OC)cc3c1[C@H](C2)NCC3. The average Bonchev–Trinajstić information content (AvgIpc) is 3.06. The standard InChI is InChI=1S/C37H40N2O6/c1-39-15-13-24-19-31(41-3)33-21-27(24)29(39)17-22-6-9-26(10-7-22)44-32-18-23(8-11-30(32)40-2)16-28-35-25(12-14-38-28)20-34(42-4)36(43-5)37(35)45-33/h6-11,18-21,28-29,38H,12-17H2,1-5H3/t28-,29-/m0/s1. The summed E-state index contributed by atoms with van der Waals surface area (Å²) in [5.74, 6) is 5.35. The van der Waals surface area contributed by atoms with Gasteiger partial charge in [-0.3, -0.25) is 4.90 Å². The van der Waals surface area contributed by atoms with E-state index in [1.165, 1.54) is 22.3 Å². The maximum atomic E-state index is 6.97.